The van der Waals surface area contributed by atoms with Gasteiger partial charge in [-0.05, 0) is 30.4 Å². The van der Waals surface area contributed by atoms with Crippen LogP contribution in [-0.2, 0) is 9.47 Å². The van der Waals surface area contributed by atoms with E-state index in [1.54, 1.807) is 19.2 Å². The molecule has 0 radical (unpaired) electrons. The number of hydrogen-bond donors (Lipinski definition) is 1. The molecule has 0 heterocycles. The van der Waals surface area contributed by atoms with Crippen LogP contribution in [0.4, 0.5) is 9.18 Å². The maximum Gasteiger partial charge on any atom is 0.404 e. The number of amides is 1. The average molecular weight is 267 g/mol. The van der Waals surface area contributed by atoms with Gasteiger partial charge < -0.3 is 15.2 Å². The Morgan fingerprint density at radius 3 is 2.89 bits per heavy atom. The summed E-state index contributed by atoms with van der Waals surface area (Å²) in [4.78, 5) is 10.7. The van der Waals surface area contributed by atoms with E-state index in [4.69, 9.17) is 15.2 Å². The van der Waals surface area contributed by atoms with Crippen molar-refractivity contribution in [2.75, 3.05) is 13.7 Å². The van der Waals surface area contributed by atoms with E-state index >= 15 is 0 Å². The molecule has 1 aliphatic carbocycles. The van der Waals surface area contributed by atoms with Crippen LogP contribution in [0.25, 0.3) is 0 Å². The van der Waals surface area contributed by atoms with Gasteiger partial charge in [-0.1, -0.05) is 18.2 Å². The minimum atomic E-state index is -0.772. The Kier molecular flexibility index (Phi) is 4.37. The van der Waals surface area contributed by atoms with Crippen LogP contribution >= 0.6 is 0 Å². The van der Waals surface area contributed by atoms with Gasteiger partial charge in [-0.3, -0.25) is 0 Å². The molecule has 0 spiro atoms. The highest BCUT2D eigenvalue weighted by Crippen LogP contribution is 2.47. The zero-order chi connectivity index (χ0) is 13.8. The Morgan fingerprint density at radius 1 is 1.53 bits per heavy atom. The first-order chi connectivity index (χ1) is 9.13. The molecule has 19 heavy (non-hydrogen) atoms. The first kappa shape index (κ1) is 13.8. The summed E-state index contributed by atoms with van der Waals surface area (Å²) < 4.78 is 23.9. The van der Waals surface area contributed by atoms with Gasteiger partial charge in [0, 0.05) is 19.6 Å². The number of halogens is 1. The van der Waals surface area contributed by atoms with E-state index in [0.717, 1.165) is 6.42 Å². The molecule has 0 unspecified atom stereocenters. The number of methoxy groups -OCH3 is 1. The lowest BCUT2D eigenvalue weighted by atomic mass is 9.90. The maximum atomic E-state index is 13.9. The molecule has 5 heteroatoms. The van der Waals surface area contributed by atoms with Crippen LogP contribution < -0.4 is 5.73 Å². The van der Waals surface area contributed by atoms with Gasteiger partial charge in [-0.15, -0.1) is 0 Å². The van der Waals surface area contributed by atoms with Crippen LogP contribution in [0.2, 0.25) is 0 Å². The third-order valence-electron chi connectivity index (χ3n) is 3.50. The molecule has 2 N–H and O–H groups in total. The van der Waals surface area contributed by atoms with Crippen LogP contribution in [0.5, 0.6) is 0 Å². The molecule has 1 saturated carbocycles. The summed E-state index contributed by atoms with van der Waals surface area (Å²) in [7, 11) is 1.61. The minimum Gasteiger partial charge on any atom is -0.446 e. The highest BCUT2D eigenvalue weighted by atomic mass is 19.1. The molecule has 0 aromatic heterocycles. The van der Waals surface area contributed by atoms with Crippen molar-refractivity contribution in [3.8, 4) is 0 Å². The van der Waals surface area contributed by atoms with Crippen molar-refractivity contribution in [1.82, 2.24) is 0 Å². The largest absolute Gasteiger partial charge is 0.446 e. The van der Waals surface area contributed by atoms with Crippen molar-refractivity contribution in [2.24, 2.45) is 11.7 Å². The lowest BCUT2D eigenvalue weighted by Crippen LogP contribution is -2.17. The fourth-order valence-electron chi connectivity index (χ4n) is 2.52. The van der Waals surface area contributed by atoms with Crippen molar-refractivity contribution in [3.05, 3.63) is 35.6 Å². The fraction of sp³-hybridized carbons (Fsp3) is 0.500. The number of ether oxygens (including phenoxy) is 2. The molecule has 1 aromatic carbocycles. The van der Waals surface area contributed by atoms with E-state index < -0.39 is 6.09 Å². The third-order valence-corrected chi connectivity index (χ3v) is 3.50. The summed E-state index contributed by atoms with van der Waals surface area (Å²) in [6.45, 7) is 0.540. The van der Waals surface area contributed by atoms with E-state index in [-0.39, 0.29) is 23.8 Å². The van der Waals surface area contributed by atoms with Crippen molar-refractivity contribution in [2.45, 2.75) is 24.9 Å². The van der Waals surface area contributed by atoms with Gasteiger partial charge in [0.05, 0.1) is 0 Å². The molecule has 104 valence electrons. The Labute approximate surface area is 111 Å². The highest BCUT2D eigenvalue weighted by Gasteiger charge is 2.46. The molecule has 2 rings (SSSR count). The van der Waals surface area contributed by atoms with Crippen LogP contribution in [0.15, 0.2) is 24.3 Å². The second kappa shape index (κ2) is 6.02. The Morgan fingerprint density at radius 2 is 2.26 bits per heavy atom. The van der Waals surface area contributed by atoms with Gasteiger partial charge in [0.15, 0.2) is 0 Å². The van der Waals surface area contributed by atoms with E-state index in [2.05, 4.69) is 0 Å². The number of carbonyl (C=O) groups excluding carboxylic acids is 1. The molecule has 1 amide bonds. The SMILES string of the molecule is COCC[C@H](c1ccccc1F)[C@@H]1C[C@@H]1OC(N)=O. The Bertz CT molecular complexity index is 452. The molecular formula is C14H18FNO3. The molecule has 0 aliphatic heterocycles. The number of rotatable bonds is 6. The van der Waals surface area contributed by atoms with E-state index in [1.807, 2.05) is 6.07 Å². The standard InChI is InChI=1S/C14H18FNO3/c1-18-7-6-9(10-4-2-3-5-12(10)15)11-8-13(11)19-14(16)17/h2-5,9,11,13H,6-8H2,1H3,(H2,16,17)/t9-,11+,13+/m1/s1. The van der Waals surface area contributed by atoms with Gasteiger partial charge in [-0.2, -0.15) is 0 Å². The van der Waals surface area contributed by atoms with Gasteiger partial charge in [0.1, 0.15) is 11.9 Å². The Balaban J connectivity index is 2.09. The molecule has 1 fully saturated rings. The van der Waals surface area contributed by atoms with Crippen molar-refractivity contribution in [1.29, 1.82) is 0 Å². The molecule has 1 aromatic rings. The summed E-state index contributed by atoms with van der Waals surface area (Å²) in [5, 5.41) is 0. The van der Waals surface area contributed by atoms with Gasteiger partial charge in [-0.25, -0.2) is 9.18 Å². The van der Waals surface area contributed by atoms with Crippen LogP contribution in [0.3, 0.4) is 0 Å². The first-order valence-electron chi connectivity index (χ1n) is 6.33. The highest BCUT2D eigenvalue weighted by molar-refractivity contribution is 5.65. The third kappa shape index (κ3) is 3.44. The molecular weight excluding hydrogens is 249 g/mol. The lowest BCUT2D eigenvalue weighted by molar-refractivity contribution is 0.137. The topological polar surface area (TPSA) is 61.6 Å². The van der Waals surface area contributed by atoms with Crippen molar-refractivity contribution in [3.63, 3.8) is 0 Å². The minimum absolute atomic E-state index is 0.00880. The smallest absolute Gasteiger partial charge is 0.404 e. The number of nitrogens with two attached hydrogens (primary N) is 1. The zero-order valence-corrected chi connectivity index (χ0v) is 10.8. The zero-order valence-electron chi connectivity index (χ0n) is 10.8. The van der Waals surface area contributed by atoms with Gasteiger partial charge in [0.25, 0.3) is 0 Å². The first-order valence-corrected chi connectivity index (χ1v) is 6.33. The molecule has 4 nitrogen and oxygen atoms in total. The van der Waals surface area contributed by atoms with Crippen LogP contribution in [0.1, 0.15) is 24.3 Å². The second-order valence-corrected chi connectivity index (χ2v) is 4.78. The second-order valence-electron chi connectivity index (χ2n) is 4.78. The predicted octanol–water partition coefficient (Wildman–Crippen LogP) is 2.43. The summed E-state index contributed by atoms with van der Waals surface area (Å²) >= 11 is 0. The Hall–Kier alpha value is -1.62. The normalized spacial score (nSPS) is 22.8. The van der Waals surface area contributed by atoms with Crippen molar-refractivity contribution >= 4 is 6.09 Å². The summed E-state index contributed by atoms with van der Waals surface area (Å²) in [6.07, 6.45) is 0.456. The van der Waals surface area contributed by atoms with Gasteiger partial charge >= 0.3 is 6.09 Å². The average Bonchev–Trinajstić information content (AvgIpc) is 3.10. The monoisotopic (exact) mass is 267 g/mol. The number of carbonyl (C=O) groups is 1. The number of primary amides is 1. The molecule has 0 bridgehead atoms. The van der Waals surface area contributed by atoms with E-state index in [9.17, 15) is 9.18 Å². The number of hydrogen-bond acceptors (Lipinski definition) is 3. The summed E-state index contributed by atoms with van der Waals surface area (Å²) in [5.74, 6) is -0.113. The molecule has 3 atom stereocenters. The predicted molar refractivity (Wildman–Crippen MR) is 68.2 cm³/mol. The van der Waals surface area contributed by atoms with Crippen LogP contribution in [-0.4, -0.2) is 25.9 Å². The lowest BCUT2D eigenvalue weighted by Gasteiger charge is -2.17. The van der Waals surface area contributed by atoms with E-state index in [1.165, 1.54) is 6.07 Å². The van der Waals surface area contributed by atoms with Crippen LogP contribution in [0, 0.1) is 11.7 Å². The molecule has 0 saturated heterocycles. The van der Waals surface area contributed by atoms with Gasteiger partial charge in [0.2, 0.25) is 0 Å². The molecule has 1 aliphatic rings. The summed E-state index contributed by atoms with van der Waals surface area (Å²) in [6, 6.07) is 6.69. The fourth-order valence-corrected chi connectivity index (χ4v) is 2.52. The number of benzene rings is 1. The van der Waals surface area contributed by atoms with E-state index in [0.29, 0.717) is 18.6 Å². The quantitative estimate of drug-likeness (QED) is 0.861. The summed E-state index contributed by atoms with van der Waals surface area (Å²) in [5.41, 5.74) is 5.66. The van der Waals surface area contributed by atoms with Crippen molar-refractivity contribution < 1.29 is 18.7 Å². The maximum absolute atomic E-state index is 13.9.